The first-order valence-corrected chi connectivity index (χ1v) is 5.49. The highest BCUT2D eigenvalue weighted by Gasteiger charge is 2.25. The predicted octanol–water partition coefficient (Wildman–Crippen LogP) is 2.21. The Morgan fingerprint density at radius 3 is 2.59 bits per heavy atom. The SMILES string of the molecule is CC1=CC(=O)OC1Nc1cc(C(C)(C)C)on1. The molecule has 5 heteroatoms. The van der Waals surface area contributed by atoms with Gasteiger partial charge in [0.1, 0.15) is 5.76 Å². The Labute approximate surface area is 99.8 Å². The second-order valence-corrected chi connectivity index (χ2v) is 5.18. The molecular formula is C12H16N2O3. The van der Waals surface area contributed by atoms with E-state index < -0.39 is 6.23 Å². The van der Waals surface area contributed by atoms with Crippen LogP contribution in [0.15, 0.2) is 22.2 Å². The Balaban J connectivity index is 2.08. The molecule has 2 heterocycles. The molecule has 1 aromatic rings. The van der Waals surface area contributed by atoms with Crippen molar-refractivity contribution in [3.63, 3.8) is 0 Å². The minimum Gasteiger partial charge on any atom is -0.435 e. The first-order chi connectivity index (χ1) is 7.86. The largest absolute Gasteiger partial charge is 0.435 e. The van der Waals surface area contributed by atoms with Crippen molar-refractivity contribution in [1.82, 2.24) is 5.16 Å². The molecular weight excluding hydrogens is 220 g/mol. The summed E-state index contributed by atoms with van der Waals surface area (Å²) < 4.78 is 10.3. The van der Waals surface area contributed by atoms with E-state index >= 15 is 0 Å². The lowest BCUT2D eigenvalue weighted by molar-refractivity contribution is -0.137. The lowest BCUT2D eigenvalue weighted by atomic mass is 9.93. The van der Waals surface area contributed by atoms with Crippen molar-refractivity contribution >= 4 is 11.8 Å². The summed E-state index contributed by atoms with van der Waals surface area (Å²) >= 11 is 0. The van der Waals surface area contributed by atoms with Crippen molar-refractivity contribution in [2.45, 2.75) is 39.3 Å². The van der Waals surface area contributed by atoms with Crippen LogP contribution in [-0.2, 0) is 14.9 Å². The Hall–Kier alpha value is -1.78. The second-order valence-electron chi connectivity index (χ2n) is 5.18. The molecule has 2 rings (SSSR count). The molecule has 0 amide bonds. The zero-order valence-electron chi connectivity index (χ0n) is 10.4. The molecule has 0 saturated heterocycles. The number of cyclic esters (lactones) is 1. The van der Waals surface area contributed by atoms with Gasteiger partial charge in [-0.1, -0.05) is 25.9 Å². The van der Waals surface area contributed by atoms with Gasteiger partial charge in [-0.2, -0.15) is 0 Å². The molecule has 1 aromatic heterocycles. The highest BCUT2D eigenvalue weighted by atomic mass is 16.6. The van der Waals surface area contributed by atoms with Gasteiger partial charge in [-0.05, 0) is 12.5 Å². The van der Waals surface area contributed by atoms with Crippen LogP contribution in [0.25, 0.3) is 0 Å². The predicted molar refractivity (Wildman–Crippen MR) is 62.5 cm³/mol. The molecule has 5 nitrogen and oxygen atoms in total. The highest BCUT2D eigenvalue weighted by Crippen LogP contribution is 2.25. The van der Waals surface area contributed by atoms with Gasteiger partial charge in [0, 0.05) is 17.6 Å². The maximum absolute atomic E-state index is 11.0. The fraction of sp³-hybridized carbons (Fsp3) is 0.500. The number of carbonyl (C=O) groups is 1. The summed E-state index contributed by atoms with van der Waals surface area (Å²) in [5, 5.41) is 6.90. The normalized spacial score (nSPS) is 20.1. The molecule has 0 fully saturated rings. The summed E-state index contributed by atoms with van der Waals surface area (Å²) in [6.45, 7) is 7.95. The zero-order chi connectivity index (χ0) is 12.6. The summed E-state index contributed by atoms with van der Waals surface area (Å²) in [6.07, 6.45) is 1.02. The maximum atomic E-state index is 11.0. The number of hydrogen-bond donors (Lipinski definition) is 1. The van der Waals surface area contributed by atoms with Crippen LogP contribution in [0, 0.1) is 0 Å². The summed E-state index contributed by atoms with van der Waals surface area (Å²) in [5.74, 6) is 1.02. The molecule has 17 heavy (non-hydrogen) atoms. The van der Waals surface area contributed by atoms with E-state index in [4.69, 9.17) is 9.26 Å². The highest BCUT2D eigenvalue weighted by molar-refractivity contribution is 5.86. The molecule has 0 aromatic carbocycles. The first kappa shape index (κ1) is 11.7. The minimum atomic E-state index is -0.444. The summed E-state index contributed by atoms with van der Waals surface area (Å²) in [4.78, 5) is 11.0. The van der Waals surface area contributed by atoms with Crippen LogP contribution in [0.2, 0.25) is 0 Å². The Morgan fingerprint density at radius 1 is 1.41 bits per heavy atom. The van der Waals surface area contributed by atoms with Crippen LogP contribution in [0.1, 0.15) is 33.5 Å². The van der Waals surface area contributed by atoms with E-state index in [2.05, 4.69) is 10.5 Å². The van der Waals surface area contributed by atoms with Crippen LogP contribution < -0.4 is 5.32 Å². The van der Waals surface area contributed by atoms with Crippen LogP contribution in [-0.4, -0.2) is 17.4 Å². The average Bonchev–Trinajstić information content (AvgIpc) is 2.74. The third-order valence-corrected chi connectivity index (χ3v) is 2.52. The molecule has 92 valence electrons. The molecule has 0 saturated carbocycles. The fourth-order valence-electron chi connectivity index (χ4n) is 1.48. The summed E-state index contributed by atoms with van der Waals surface area (Å²) in [6, 6.07) is 1.82. The molecule has 1 unspecified atom stereocenters. The van der Waals surface area contributed by atoms with Crippen molar-refractivity contribution in [2.75, 3.05) is 5.32 Å². The van der Waals surface area contributed by atoms with E-state index in [-0.39, 0.29) is 11.4 Å². The molecule has 1 N–H and O–H groups in total. The van der Waals surface area contributed by atoms with Gasteiger partial charge in [-0.3, -0.25) is 0 Å². The first-order valence-electron chi connectivity index (χ1n) is 5.49. The van der Waals surface area contributed by atoms with Gasteiger partial charge < -0.3 is 14.6 Å². The van der Waals surface area contributed by atoms with Crippen LogP contribution in [0.5, 0.6) is 0 Å². The minimum absolute atomic E-state index is 0.0931. The van der Waals surface area contributed by atoms with Crippen LogP contribution in [0.3, 0.4) is 0 Å². The van der Waals surface area contributed by atoms with Crippen LogP contribution in [0.4, 0.5) is 5.82 Å². The van der Waals surface area contributed by atoms with E-state index in [0.29, 0.717) is 5.82 Å². The van der Waals surface area contributed by atoms with E-state index in [0.717, 1.165) is 11.3 Å². The number of aromatic nitrogens is 1. The van der Waals surface area contributed by atoms with Crippen molar-refractivity contribution in [2.24, 2.45) is 0 Å². The number of rotatable bonds is 2. The number of esters is 1. The number of nitrogens with one attached hydrogen (secondary N) is 1. The van der Waals surface area contributed by atoms with Crippen molar-refractivity contribution in [1.29, 1.82) is 0 Å². The molecule has 1 aliphatic heterocycles. The van der Waals surface area contributed by atoms with Gasteiger partial charge in [-0.15, -0.1) is 0 Å². The van der Waals surface area contributed by atoms with Gasteiger partial charge in [0.15, 0.2) is 12.0 Å². The van der Waals surface area contributed by atoms with Gasteiger partial charge in [0.25, 0.3) is 0 Å². The van der Waals surface area contributed by atoms with E-state index in [9.17, 15) is 4.79 Å². The monoisotopic (exact) mass is 236 g/mol. The average molecular weight is 236 g/mol. The number of anilines is 1. The quantitative estimate of drug-likeness (QED) is 0.797. The van der Waals surface area contributed by atoms with Gasteiger partial charge in [-0.25, -0.2) is 4.79 Å². The van der Waals surface area contributed by atoms with E-state index in [1.807, 2.05) is 33.8 Å². The van der Waals surface area contributed by atoms with Crippen molar-refractivity contribution < 1.29 is 14.1 Å². The Kier molecular flexibility index (Phi) is 2.69. The molecule has 0 aliphatic carbocycles. The molecule has 1 atom stereocenters. The standard InChI is InChI=1S/C12H16N2O3/c1-7-5-10(15)16-11(7)13-9-6-8(17-14-9)12(2,3)4/h5-6,11H,1-4H3,(H,13,14). The molecule has 1 aliphatic rings. The second kappa shape index (κ2) is 3.91. The lowest BCUT2D eigenvalue weighted by Crippen LogP contribution is -2.21. The molecule has 0 spiro atoms. The number of carbonyl (C=O) groups excluding carboxylic acids is 1. The summed E-state index contributed by atoms with van der Waals surface area (Å²) in [7, 11) is 0. The number of hydrogen-bond acceptors (Lipinski definition) is 5. The lowest BCUT2D eigenvalue weighted by Gasteiger charge is -2.13. The maximum Gasteiger partial charge on any atom is 0.333 e. The fourth-order valence-corrected chi connectivity index (χ4v) is 1.48. The zero-order valence-corrected chi connectivity index (χ0v) is 10.4. The third-order valence-electron chi connectivity index (χ3n) is 2.52. The smallest absolute Gasteiger partial charge is 0.333 e. The van der Waals surface area contributed by atoms with E-state index in [1.165, 1.54) is 6.08 Å². The molecule has 0 bridgehead atoms. The van der Waals surface area contributed by atoms with Gasteiger partial charge in [0.05, 0.1) is 0 Å². The Morgan fingerprint density at radius 2 is 2.12 bits per heavy atom. The molecule has 0 radical (unpaired) electrons. The summed E-state index contributed by atoms with van der Waals surface area (Å²) in [5.41, 5.74) is 0.736. The van der Waals surface area contributed by atoms with Gasteiger partial charge >= 0.3 is 5.97 Å². The van der Waals surface area contributed by atoms with Crippen LogP contribution >= 0.6 is 0 Å². The number of nitrogens with zero attached hydrogens (tertiary/aromatic N) is 1. The van der Waals surface area contributed by atoms with Crippen molar-refractivity contribution in [3.8, 4) is 0 Å². The third kappa shape index (κ3) is 2.49. The number of ether oxygens (including phenoxy) is 1. The van der Waals surface area contributed by atoms with Gasteiger partial charge in [0.2, 0.25) is 0 Å². The van der Waals surface area contributed by atoms with Crippen molar-refractivity contribution in [3.05, 3.63) is 23.5 Å². The van der Waals surface area contributed by atoms with E-state index in [1.54, 1.807) is 0 Å². The topological polar surface area (TPSA) is 64.4 Å². The Bertz CT molecular complexity index is 468.